The van der Waals surface area contributed by atoms with Gasteiger partial charge in [-0.25, -0.2) is 0 Å². The van der Waals surface area contributed by atoms with Gasteiger partial charge in [-0.15, -0.1) is 0 Å². The molecule has 2 aliphatic heterocycles. The van der Waals surface area contributed by atoms with Crippen LogP contribution in [0.3, 0.4) is 0 Å². The third kappa shape index (κ3) is 2.88. The zero-order chi connectivity index (χ0) is 20.3. The second-order valence-electron chi connectivity index (χ2n) is 8.92. The molecule has 4 atom stereocenters. The number of anilines is 1. The van der Waals surface area contributed by atoms with Crippen LogP contribution in [0.4, 0.5) is 5.69 Å². The molecule has 0 radical (unpaired) electrons. The molecular formula is C23H27N3O3. The van der Waals surface area contributed by atoms with Crippen LogP contribution >= 0.6 is 0 Å². The summed E-state index contributed by atoms with van der Waals surface area (Å²) in [5.74, 6) is -0.491. The van der Waals surface area contributed by atoms with Gasteiger partial charge in [0.2, 0.25) is 17.7 Å². The van der Waals surface area contributed by atoms with E-state index in [0.29, 0.717) is 13.1 Å². The molecule has 0 aromatic heterocycles. The van der Waals surface area contributed by atoms with E-state index in [0.717, 1.165) is 19.5 Å². The molecule has 1 saturated carbocycles. The molecule has 6 nitrogen and oxygen atoms in total. The second-order valence-corrected chi connectivity index (χ2v) is 8.92. The van der Waals surface area contributed by atoms with Crippen molar-refractivity contribution in [1.82, 2.24) is 9.80 Å². The fourth-order valence-electron chi connectivity index (χ4n) is 5.61. The Hall–Kier alpha value is -2.63. The fraction of sp³-hybridized carbons (Fsp3) is 0.522. The molecule has 1 aromatic carbocycles. The van der Waals surface area contributed by atoms with Gasteiger partial charge in [-0.05, 0) is 49.3 Å². The van der Waals surface area contributed by atoms with Crippen LogP contribution in [0.5, 0.6) is 0 Å². The first-order valence-electron chi connectivity index (χ1n) is 10.6. The van der Waals surface area contributed by atoms with Crippen LogP contribution in [0.2, 0.25) is 0 Å². The van der Waals surface area contributed by atoms with Crippen molar-refractivity contribution >= 4 is 23.4 Å². The van der Waals surface area contributed by atoms with Crippen LogP contribution in [0.1, 0.15) is 17.5 Å². The Morgan fingerprint density at radius 3 is 2.21 bits per heavy atom. The van der Waals surface area contributed by atoms with Gasteiger partial charge in [-0.1, -0.05) is 24.3 Å². The number of allylic oxidation sites excluding steroid dienone is 2. The highest BCUT2D eigenvalue weighted by molar-refractivity contribution is 6.08. The Balaban J connectivity index is 1.21. The van der Waals surface area contributed by atoms with Crippen LogP contribution in [0.15, 0.2) is 30.4 Å². The average Bonchev–Trinajstić information content (AvgIpc) is 3.40. The molecule has 2 saturated heterocycles. The third-order valence-electron chi connectivity index (χ3n) is 7.19. The van der Waals surface area contributed by atoms with Crippen molar-refractivity contribution in [3.63, 3.8) is 0 Å². The molecule has 5 rings (SSSR count). The normalized spacial score (nSPS) is 30.5. The molecule has 0 unspecified atom stereocenters. The van der Waals surface area contributed by atoms with Gasteiger partial charge in [0.15, 0.2) is 0 Å². The van der Waals surface area contributed by atoms with Crippen LogP contribution in [-0.4, -0.2) is 60.2 Å². The van der Waals surface area contributed by atoms with Gasteiger partial charge in [0.25, 0.3) is 0 Å². The minimum Gasteiger partial charge on any atom is -0.368 e. The summed E-state index contributed by atoms with van der Waals surface area (Å²) in [6.45, 7) is 6.84. The molecule has 2 aliphatic carbocycles. The molecule has 152 valence electrons. The van der Waals surface area contributed by atoms with E-state index in [2.05, 4.69) is 49.1 Å². The number of imide groups is 1. The minimum absolute atomic E-state index is 0.104. The molecule has 1 aromatic rings. The van der Waals surface area contributed by atoms with Crippen molar-refractivity contribution in [1.29, 1.82) is 0 Å². The fourth-order valence-corrected chi connectivity index (χ4v) is 5.61. The zero-order valence-electron chi connectivity index (χ0n) is 17.0. The highest BCUT2D eigenvalue weighted by Crippen LogP contribution is 2.52. The Labute approximate surface area is 171 Å². The van der Waals surface area contributed by atoms with E-state index in [1.807, 2.05) is 0 Å². The summed E-state index contributed by atoms with van der Waals surface area (Å²) >= 11 is 0. The summed E-state index contributed by atoms with van der Waals surface area (Å²) in [6, 6.07) is 6.43. The molecule has 2 bridgehead atoms. The number of carbonyl (C=O) groups is 3. The molecule has 29 heavy (non-hydrogen) atoms. The van der Waals surface area contributed by atoms with E-state index >= 15 is 0 Å². The molecule has 2 heterocycles. The van der Waals surface area contributed by atoms with Crippen molar-refractivity contribution < 1.29 is 14.4 Å². The van der Waals surface area contributed by atoms with Gasteiger partial charge < -0.3 is 9.80 Å². The summed E-state index contributed by atoms with van der Waals surface area (Å²) in [4.78, 5) is 43.8. The summed E-state index contributed by atoms with van der Waals surface area (Å²) in [5, 5.41) is 0. The Morgan fingerprint density at radius 1 is 0.966 bits per heavy atom. The van der Waals surface area contributed by atoms with E-state index in [9.17, 15) is 14.4 Å². The highest BCUT2D eigenvalue weighted by Gasteiger charge is 2.59. The quantitative estimate of drug-likeness (QED) is 0.580. The number of piperazine rings is 1. The van der Waals surface area contributed by atoms with Crippen molar-refractivity contribution in [3.05, 3.63) is 41.5 Å². The SMILES string of the molecule is Cc1ccc(C)c(N2CCN(C(=O)CN3C(=O)[C@@H]4[C@@H](C3=O)[C@H]3C=C[C@H]4C3)CC2)c1. The monoisotopic (exact) mass is 393 g/mol. The third-order valence-corrected chi connectivity index (χ3v) is 7.19. The highest BCUT2D eigenvalue weighted by atomic mass is 16.2. The summed E-state index contributed by atoms with van der Waals surface area (Å²) in [7, 11) is 0. The maximum absolute atomic E-state index is 12.9. The first kappa shape index (κ1) is 18.4. The number of likely N-dealkylation sites (tertiary alicyclic amines) is 1. The smallest absolute Gasteiger partial charge is 0.242 e. The van der Waals surface area contributed by atoms with E-state index < -0.39 is 0 Å². The molecule has 4 aliphatic rings. The van der Waals surface area contributed by atoms with Gasteiger partial charge >= 0.3 is 0 Å². The Morgan fingerprint density at radius 2 is 1.59 bits per heavy atom. The molecule has 0 N–H and O–H groups in total. The lowest BCUT2D eigenvalue weighted by Crippen LogP contribution is -2.52. The number of nitrogens with zero attached hydrogens (tertiary/aromatic N) is 3. The van der Waals surface area contributed by atoms with Crippen LogP contribution in [-0.2, 0) is 14.4 Å². The van der Waals surface area contributed by atoms with Gasteiger partial charge in [-0.2, -0.15) is 0 Å². The number of carbonyl (C=O) groups excluding carboxylic acids is 3. The first-order valence-corrected chi connectivity index (χ1v) is 10.6. The lowest BCUT2D eigenvalue weighted by atomic mass is 9.85. The Bertz CT molecular complexity index is 886. The average molecular weight is 393 g/mol. The van der Waals surface area contributed by atoms with Crippen LogP contribution < -0.4 is 4.90 Å². The maximum Gasteiger partial charge on any atom is 0.242 e. The Kier molecular flexibility index (Phi) is 4.26. The predicted octanol–water partition coefficient (Wildman–Crippen LogP) is 1.76. The molecule has 6 heteroatoms. The second kappa shape index (κ2) is 6.71. The summed E-state index contributed by atoms with van der Waals surface area (Å²) in [6.07, 6.45) is 5.07. The van der Waals surface area contributed by atoms with Gasteiger partial charge in [-0.3, -0.25) is 19.3 Å². The van der Waals surface area contributed by atoms with E-state index in [-0.39, 0.29) is 47.9 Å². The lowest BCUT2D eigenvalue weighted by molar-refractivity contribution is -0.147. The number of hydrogen-bond donors (Lipinski definition) is 0. The van der Waals surface area contributed by atoms with Gasteiger partial charge in [0.05, 0.1) is 11.8 Å². The zero-order valence-corrected chi connectivity index (χ0v) is 17.0. The number of rotatable bonds is 3. The molecular weight excluding hydrogens is 366 g/mol. The molecule has 3 fully saturated rings. The van der Waals surface area contributed by atoms with Crippen molar-refractivity contribution in [3.8, 4) is 0 Å². The topological polar surface area (TPSA) is 60.9 Å². The van der Waals surface area contributed by atoms with Crippen molar-refractivity contribution in [2.24, 2.45) is 23.7 Å². The number of amides is 3. The van der Waals surface area contributed by atoms with Gasteiger partial charge in [0.1, 0.15) is 6.54 Å². The first-order chi connectivity index (χ1) is 13.9. The van der Waals surface area contributed by atoms with Crippen molar-refractivity contribution in [2.45, 2.75) is 20.3 Å². The van der Waals surface area contributed by atoms with Crippen LogP contribution in [0, 0.1) is 37.5 Å². The van der Waals surface area contributed by atoms with E-state index in [1.54, 1.807) is 4.90 Å². The van der Waals surface area contributed by atoms with Gasteiger partial charge in [0, 0.05) is 31.9 Å². The standard InChI is InChI=1S/C23H27N3O3/c1-14-3-4-15(2)18(11-14)24-7-9-25(10-8-24)19(27)13-26-22(28)20-16-5-6-17(12-16)21(20)23(26)29/h3-6,11,16-17,20-21H,7-10,12-13H2,1-2H3/t16-,17-,20-,21-/m0/s1. The minimum atomic E-state index is -0.230. The van der Waals surface area contributed by atoms with E-state index in [4.69, 9.17) is 0 Å². The number of fused-ring (bicyclic) bond motifs is 5. The maximum atomic E-state index is 12.9. The lowest BCUT2D eigenvalue weighted by Gasteiger charge is -2.37. The predicted molar refractivity (Wildman–Crippen MR) is 109 cm³/mol. The van der Waals surface area contributed by atoms with E-state index in [1.165, 1.54) is 21.7 Å². The number of hydrogen-bond acceptors (Lipinski definition) is 4. The number of aryl methyl sites for hydroxylation is 2. The largest absolute Gasteiger partial charge is 0.368 e. The summed E-state index contributed by atoms with van der Waals surface area (Å²) < 4.78 is 0. The summed E-state index contributed by atoms with van der Waals surface area (Å²) in [5.41, 5.74) is 3.68. The van der Waals surface area contributed by atoms with Crippen LogP contribution in [0.25, 0.3) is 0 Å². The molecule has 0 spiro atoms. The number of benzene rings is 1. The molecule has 3 amide bonds. The van der Waals surface area contributed by atoms with Crippen molar-refractivity contribution in [2.75, 3.05) is 37.6 Å².